The second kappa shape index (κ2) is 7.12. The number of thioether (sulfide) groups is 1. The van der Waals surface area contributed by atoms with E-state index < -0.39 is 0 Å². The number of nitrogens with one attached hydrogen (secondary N) is 1. The van der Waals surface area contributed by atoms with Crippen LogP contribution in [0.25, 0.3) is 0 Å². The van der Waals surface area contributed by atoms with Crippen LogP contribution in [0.4, 0.5) is 0 Å². The molecule has 1 aliphatic rings. The summed E-state index contributed by atoms with van der Waals surface area (Å²) in [6, 6.07) is 0. The fourth-order valence-electron chi connectivity index (χ4n) is 1.48. The van der Waals surface area contributed by atoms with E-state index >= 15 is 0 Å². The van der Waals surface area contributed by atoms with E-state index in [0.29, 0.717) is 11.7 Å². The average Bonchev–Trinajstić information content (AvgIpc) is 2.25. The Hall–Kier alpha value is -0.220. The summed E-state index contributed by atoms with van der Waals surface area (Å²) in [4.78, 5) is 13.7. The summed E-state index contributed by atoms with van der Waals surface area (Å²) in [7, 11) is 0. The molecule has 0 bridgehead atoms. The molecule has 1 N–H and O–H groups in total. The summed E-state index contributed by atoms with van der Waals surface area (Å²) in [6.45, 7) is 8.09. The van der Waals surface area contributed by atoms with Gasteiger partial charge in [0.2, 0.25) is 5.91 Å². The summed E-state index contributed by atoms with van der Waals surface area (Å²) in [5.74, 6) is 2.82. The van der Waals surface area contributed by atoms with Crippen LogP contribution in [0.15, 0.2) is 0 Å². The molecule has 0 unspecified atom stereocenters. The Labute approximate surface area is 97.0 Å². The van der Waals surface area contributed by atoms with Crippen molar-refractivity contribution in [3.8, 4) is 0 Å². The molecule has 0 aromatic heterocycles. The zero-order valence-electron chi connectivity index (χ0n) is 9.79. The third-order valence-electron chi connectivity index (χ3n) is 2.53. The second-order valence-corrected chi connectivity index (χ2v) is 5.47. The number of nitrogens with zero attached hydrogens (tertiary/aromatic N) is 1. The van der Waals surface area contributed by atoms with E-state index in [2.05, 4.69) is 19.2 Å². The van der Waals surface area contributed by atoms with Crippen molar-refractivity contribution >= 4 is 17.7 Å². The SMILES string of the molecule is CC(C)CCSCC(=O)N1CCNCC1. The minimum atomic E-state index is 0.310. The van der Waals surface area contributed by atoms with Crippen molar-refractivity contribution in [2.75, 3.05) is 37.7 Å². The fourth-order valence-corrected chi connectivity index (χ4v) is 2.62. The summed E-state index contributed by atoms with van der Waals surface area (Å²) in [5, 5.41) is 3.25. The van der Waals surface area contributed by atoms with Gasteiger partial charge in [-0.05, 0) is 18.1 Å². The van der Waals surface area contributed by atoms with Gasteiger partial charge in [-0.1, -0.05) is 13.8 Å². The van der Waals surface area contributed by atoms with E-state index in [9.17, 15) is 4.79 Å². The van der Waals surface area contributed by atoms with E-state index in [1.54, 1.807) is 11.8 Å². The standard InChI is InChI=1S/C11H22N2OS/c1-10(2)3-8-15-9-11(14)13-6-4-12-5-7-13/h10,12H,3-9H2,1-2H3. The van der Waals surface area contributed by atoms with Gasteiger partial charge in [-0.15, -0.1) is 0 Å². The Morgan fingerprint density at radius 3 is 2.67 bits per heavy atom. The van der Waals surface area contributed by atoms with Crippen molar-refractivity contribution in [3.05, 3.63) is 0 Å². The van der Waals surface area contributed by atoms with E-state index in [1.807, 2.05) is 4.90 Å². The van der Waals surface area contributed by atoms with Gasteiger partial charge in [0.15, 0.2) is 0 Å². The highest BCUT2D eigenvalue weighted by Gasteiger charge is 2.15. The second-order valence-electron chi connectivity index (χ2n) is 4.37. The highest BCUT2D eigenvalue weighted by Crippen LogP contribution is 2.09. The fraction of sp³-hybridized carbons (Fsp3) is 0.909. The van der Waals surface area contributed by atoms with Crippen LogP contribution in [-0.4, -0.2) is 48.5 Å². The first-order chi connectivity index (χ1) is 7.20. The molecule has 0 saturated carbocycles. The number of carbonyl (C=O) groups excluding carboxylic acids is 1. The van der Waals surface area contributed by atoms with Crippen LogP contribution in [-0.2, 0) is 4.79 Å². The molecule has 0 atom stereocenters. The lowest BCUT2D eigenvalue weighted by atomic mass is 10.2. The monoisotopic (exact) mass is 230 g/mol. The molecule has 15 heavy (non-hydrogen) atoms. The van der Waals surface area contributed by atoms with Crippen molar-refractivity contribution in [1.29, 1.82) is 0 Å². The number of hydrogen-bond donors (Lipinski definition) is 1. The van der Waals surface area contributed by atoms with Gasteiger partial charge in [0.1, 0.15) is 0 Å². The maximum atomic E-state index is 11.7. The van der Waals surface area contributed by atoms with E-state index in [4.69, 9.17) is 0 Å². The summed E-state index contributed by atoms with van der Waals surface area (Å²) >= 11 is 1.77. The Morgan fingerprint density at radius 1 is 1.40 bits per heavy atom. The molecule has 1 rings (SSSR count). The van der Waals surface area contributed by atoms with Crippen molar-refractivity contribution in [2.24, 2.45) is 5.92 Å². The van der Waals surface area contributed by atoms with E-state index in [0.717, 1.165) is 37.8 Å². The molecule has 0 radical (unpaired) electrons. The lowest BCUT2D eigenvalue weighted by molar-refractivity contribution is -0.128. The van der Waals surface area contributed by atoms with Gasteiger partial charge in [-0.25, -0.2) is 0 Å². The predicted octanol–water partition coefficient (Wildman–Crippen LogP) is 1.20. The molecule has 1 saturated heterocycles. The van der Waals surface area contributed by atoms with E-state index in [-0.39, 0.29) is 0 Å². The molecule has 1 aliphatic heterocycles. The first-order valence-electron chi connectivity index (χ1n) is 5.76. The Kier molecular flexibility index (Phi) is 6.10. The van der Waals surface area contributed by atoms with Gasteiger partial charge in [-0.2, -0.15) is 11.8 Å². The molecular formula is C11H22N2OS. The highest BCUT2D eigenvalue weighted by atomic mass is 32.2. The van der Waals surface area contributed by atoms with Crippen molar-refractivity contribution < 1.29 is 4.79 Å². The molecule has 4 heteroatoms. The highest BCUT2D eigenvalue weighted by molar-refractivity contribution is 7.99. The van der Waals surface area contributed by atoms with Crippen LogP contribution in [0.5, 0.6) is 0 Å². The van der Waals surface area contributed by atoms with Crippen molar-refractivity contribution in [3.63, 3.8) is 0 Å². The Bertz CT molecular complexity index is 191. The van der Waals surface area contributed by atoms with Crippen LogP contribution in [0.3, 0.4) is 0 Å². The molecule has 1 amide bonds. The molecule has 0 aliphatic carbocycles. The van der Waals surface area contributed by atoms with Gasteiger partial charge in [0.05, 0.1) is 5.75 Å². The number of hydrogen-bond acceptors (Lipinski definition) is 3. The maximum absolute atomic E-state index is 11.7. The summed E-state index contributed by atoms with van der Waals surface area (Å²) < 4.78 is 0. The number of amides is 1. The lowest BCUT2D eigenvalue weighted by Crippen LogP contribution is -2.47. The minimum Gasteiger partial charge on any atom is -0.339 e. The number of piperazine rings is 1. The Morgan fingerprint density at radius 2 is 2.07 bits per heavy atom. The van der Waals surface area contributed by atoms with Gasteiger partial charge < -0.3 is 10.2 Å². The number of carbonyl (C=O) groups is 1. The maximum Gasteiger partial charge on any atom is 0.232 e. The van der Waals surface area contributed by atoms with Crippen molar-refractivity contribution in [1.82, 2.24) is 10.2 Å². The van der Waals surface area contributed by atoms with Gasteiger partial charge >= 0.3 is 0 Å². The van der Waals surface area contributed by atoms with Crippen LogP contribution >= 0.6 is 11.8 Å². The lowest BCUT2D eigenvalue weighted by Gasteiger charge is -2.27. The predicted molar refractivity (Wildman–Crippen MR) is 66.2 cm³/mol. The quantitative estimate of drug-likeness (QED) is 0.720. The zero-order chi connectivity index (χ0) is 11.1. The summed E-state index contributed by atoms with van der Waals surface area (Å²) in [6.07, 6.45) is 1.21. The average molecular weight is 230 g/mol. The molecular weight excluding hydrogens is 208 g/mol. The summed E-state index contributed by atoms with van der Waals surface area (Å²) in [5.41, 5.74) is 0. The molecule has 1 fully saturated rings. The van der Waals surface area contributed by atoms with Crippen LogP contribution in [0.2, 0.25) is 0 Å². The van der Waals surface area contributed by atoms with E-state index in [1.165, 1.54) is 6.42 Å². The smallest absolute Gasteiger partial charge is 0.232 e. The van der Waals surface area contributed by atoms with Crippen LogP contribution in [0.1, 0.15) is 20.3 Å². The van der Waals surface area contributed by atoms with Crippen LogP contribution in [0, 0.1) is 5.92 Å². The topological polar surface area (TPSA) is 32.3 Å². The third kappa shape index (κ3) is 5.42. The molecule has 3 nitrogen and oxygen atoms in total. The molecule has 0 spiro atoms. The zero-order valence-corrected chi connectivity index (χ0v) is 10.6. The normalized spacial score (nSPS) is 17.1. The molecule has 88 valence electrons. The molecule has 1 heterocycles. The van der Waals surface area contributed by atoms with Gasteiger partial charge in [0, 0.05) is 26.2 Å². The van der Waals surface area contributed by atoms with Crippen LogP contribution < -0.4 is 5.32 Å². The largest absolute Gasteiger partial charge is 0.339 e. The molecule has 0 aromatic rings. The minimum absolute atomic E-state index is 0.310. The third-order valence-corrected chi connectivity index (χ3v) is 3.51. The number of rotatable bonds is 5. The van der Waals surface area contributed by atoms with Gasteiger partial charge in [0.25, 0.3) is 0 Å². The molecule has 0 aromatic carbocycles. The first-order valence-corrected chi connectivity index (χ1v) is 6.92. The van der Waals surface area contributed by atoms with Gasteiger partial charge in [-0.3, -0.25) is 4.79 Å². The van der Waals surface area contributed by atoms with Crippen molar-refractivity contribution in [2.45, 2.75) is 20.3 Å². The Balaban J connectivity index is 2.07. The first kappa shape index (κ1) is 12.8.